The molecule has 48 heavy (non-hydrogen) atoms. The van der Waals surface area contributed by atoms with Gasteiger partial charge in [-0.1, -0.05) is 65.0 Å². The van der Waals surface area contributed by atoms with Crippen molar-refractivity contribution >= 4 is 46.7 Å². The van der Waals surface area contributed by atoms with Crippen molar-refractivity contribution in [1.82, 2.24) is 30.8 Å². The fourth-order valence-electron chi connectivity index (χ4n) is 5.52. The maximum absolute atomic E-state index is 14.2. The Morgan fingerprint density at radius 1 is 0.938 bits per heavy atom. The molecule has 2 heterocycles. The molecule has 3 N–H and O–H groups in total. The summed E-state index contributed by atoms with van der Waals surface area (Å²) in [4.78, 5) is 87.9. The second-order valence-corrected chi connectivity index (χ2v) is 12.5. The Morgan fingerprint density at radius 2 is 1.65 bits per heavy atom. The molecule has 2 aromatic carbocycles. The zero-order valence-corrected chi connectivity index (χ0v) is 27.7. The molecule has 3 aromatic rings. The Hall–Kier alpha value is -5.20. The van der Waals surface area contributed by atoms with Gasteiger partial charge in [-0.2, -0.15) is 0 Å². The molecule has 5 atom stereocenters. The smallest absolute Gasteiger partial charge is 0.338 e. The van der Waals surface area contributed by atoms with Crippen LogP contribution in [0.2, 0.25) is 0 Å². The van der Waals surface area contributed by atoms with Gasteiger partial charge in [0, 0.05) is 18.8 Å². The van der Waals surface area contributed by atoms with Crippen molar-refractivity contribution in [2.24, 2.45) is 11.8 Å². The summed E-state index contributed by atoms with van der Waals surface area (Å²) in [6.45, 7) is 8.62. The lowest BCUT2D eigenvalue weighted by atomic mass is 9.98. The molecular formula is C35H42N6O7. The molecule has 1 saturated heterocycles. The van der Waals surface area contributed by atoms with Crippen molar-refractivity contribution in [1.29, 1.82) is 0 Å². The summed E-state index contributed by atoms with van der Waals surface area (Å²) in [5.74, 6) is -3.72. The highest BCUT2D eigenvalue weighted by molar-refractivity contribution is 5.98. The van der Waals surface area contributed by atoms with Crippen molar-refractivity contribution in [3.63, 3.8) is 0 Å². The normalized spacial score (nSPS) is 17.8. The van der Waals surface area contributed by atoms with Crippen molar-refractivity contribution < 1.29 is 33.5 Å². The van der Waals surface area contributed by atoms with Crippen LogP contribution in [0.4, 0.5) is 0 Å². The molecule has 13 nitrogen and oxygen atoms in total. The molecule has 0 bridgehead atoms. The van der Waals surface area contributed by atoms with E-state index in [-0.39, 0.29) is 24.6 Å². The highest BCUT2D eigenvalue weighted by atomic mass is 16.5. The van der Waals surface area contributed by atoms with Crippen LogP contribution in [0.15, 0.2) is 61.1 Å². The van der Waals surface area contributed by atoms with Crippen LogP contribution in [0.1, 0.15) is 68.3 Å². The molecule has 4 rings (SSSR count). The maximum Gasteiger partial charge on any atom is 0.338 e. The number of hydrogen-bond donors (Lipinski definition) is 3. The lowest BCUT2D eigenvalue weighted by Crippen LogP contribution is -2.59. The van der Waals surface area contributed by atoms with E-state index in [0.29, 0.717) is 18.3 Å². The van der Waals surface area contributed by atoms with Crippen LogP contribution in [0.3, 0.4) is 0 Å². The average Bonchev–Trinajstić information content (AvgIpc) is 3.51. The summed E-state index contributed by atoms with van der Waals surface area (Å²) in [5, 5.41) is 9.92. The first-order chi connectivity index (χ1) is 22.9. The largest absolute Gasteiger partial charge is 0.457 e. The van der Waals surface area contributed by atoms with Crippen LogP contribution >= 0.6 is 0 Å². The third-order valence-corrected chi connectivity index (χ3v) is 8.30. The Bertz CT molecular complexity index is 1650. The first kappa shape index (κ1) is 35.7. The van der Waals surface area contributed by atoms with Gasteiger partial charge in [0.2, 0.25) is 17.7 Å². The van der Waals surface area contributed by atoms with Crippen LogP contribution in [0.25, 0.3) is 10.8 Å². The van der Waals surface area contributed by atoms with E-state index < -0.39 is 65.8 Å². The Morgan fingerprint density at radius 3 is 2.27 bits per heavy atom. The Balaban J connectivity index is 1.54. The third kappa shape index (κ3) is 8.58. The molecule has 4 amide bonds. The van der Waals surface area contributed by atoms with E-state index in [2.05, 4.69) is 25.9 Å². The molecule has 254 valence electrons. The summed E-state index contributed by atoms with van der Waals surface area (Å²) < 4.78 is 5.81. The predicted octanol–water partition coefficient (Wildman–Crippen LogP) is 2.45. The molecule has 0 saturated carbocycles. The fourth-order valence-corrected chi connectivity index (χ4v) is 5.52. The van der Waals surface area contributed by atoms with Crippen LogP contribution in [0.5, 0.6) is 0 Å². The molecule has 0 aliphatic carbocycles. The molecule has 1 aliphatic rings. The number of hydrogen-bond acceptors (Lipinski definition) is 9. The first-order valence-corrected chi connectivity index (χ1v) is 16.1. The number of nitrogens with zero attached hydrogens (tertiary/aromatic N) is 3. The SMILES string of the molecule is CCC(C=O)NC(=O)[C@@H]1C[C@@H](OC(=O)c2ccc3ccccc3c2)CN1C(=O)[C@@H](NC(=O)[C@@H](NC(=O)c1cnccn1)C(C)C)C(C)C. The van der Waals surface area contributed by atoms with Gasteiger partial charge in [-0.15, -0.1) is 0 Å². The average molecular weight is 659 g/mol. The lowest BCUT2D eigenvalue weighted by Gasteiger charge is -2.32. The second-order valence-electron chi connectivity index (χ2n) is 12.5. The van der Waals surface area contributed by atoms with Gasteiger partial charge in [0.15, 0.2) is 0 Å². The van der Waals surface area contributed by atoms with E-state index in [1.165, 1.54) is 23.5 Å². The predicted molar refractivity (Wildman–Crippen MR) is 176 cm³/mol. The number of aromatic nitrogens is 2. The maximum atomic E-state index is 14.2. The minimum atomic E-state index is -1.09. The molecule has 0 radical (unpaired) electrons. The van der Waals surface area contributed by atoms with Gasteiger partial charge in [-0.05, 0) is 41.2 Å². The number of amides is 4. The fraction of sp³-hybridized carbons (Fsp3) is 0.429. The van der Waals surface area contributed by atoms with Gasteiger partial charge in [0.1, 0.15) is 36.2 Å². The van der Waals surface area contributed by atoms with Crippen molar-refractivity contribution in [2.75, 3.05) is 6.54 Å². The van der Waals surface area contributed by atoms with E-state index in [4.69, 9.17) is 4.74 Å². The standard InChI is InChI=1S/C35H42N6O7/c1-6-25(19-42)38-32(44)28-16-26(48-35(47)24-12-11-22-9-7-8-10-23(22)15-24)18-41(28)34(46)30(21(4)5)40-33(45)29(20(2)3)39-31(43)27-17-36-13-14-37-27/h7-15,17,19-21,25-26,28-30H,6,16,18H2,1-5H3,(H,38,44)(H,39,43)(H,40,45)/t25?,26-,28+,29+,30+/m1/s1. The van der Waals surface area contributed by atoms with E-state index in [9.17, 15) is 28.8 Å². The van der Waals surface area contributed by atoms with Crippen LogP contribution in [-0.4, -0.2) is 87.6 Å². The number of rotatable bonds is 13. The number of ether oxygens (including phenoxy) is 1. The molecule has 1 fully saturated rings. The summed E-state index contributed by atoms with van der Waals surface area (Å²) >= 11 is 0. The van der Waals surface area contributed by atoms with E-state index in [1.54, 1.807) is 46.8 Å². The quantitative estimate of drug-likeness (QED) is 0.184. The summed E-state index contributed by atoms with van der Waals surface area (Å²) in [7, 11) is 0. The highest BCUT2D eigenvalue weighted by Crippen LogP contribution is 2.25. The van der Waals surface area contributed by atoms with Crippen LogP contribution in [-0.2, 0) is 23.9 Å². The zero-order chi connectivity index (χ0) is 35.0. The minimum Gasteiger partial charge on any atom is -0.457 e. The van der Waals surface area contributed by atoms with Gasteiger partial charge in [0.05, 0.1) is 24.3 Å². The van der Waals surface area contributed by atoms with Gasteiger partial charge >= 0.3 is 5.97 Å². The van der Waals surface area contributed by atoms with E-state index in [1.807, 2.05) is 30.3 Å². The first-order valence-electron chi connectivity index (χ1n) is 16.1. The number of carbonyl (C=O) groups excluding carboxylic acids is 6. The molecule has 1 aliphatic heterocycles. The lowest BCUT2D eigenvalue weighted by molar-refractivity contribution is -0.143. The monoisotopic (exact) mass is 658 g/mol. The molecule has 1 unspecified atom stereocenters. The van der Waals surface area contributed by atoms with Crippen molar-refractivity contribution in [2.45, 2.75) is 77.7 Å². The number of likely N-dealkylation sites (tertiary alicyclic amines) is 1. The van der Waals surface area contributed by atoms with Crippen molar-refractivity contribution in [3.05, 3.63) is 72.3 Å². The number of esters is 1. The van der Waals surface area contributed by atoms with E-state index in [0.717, 1.165) is 10.8 Å². The number of benzene rings is 2. The highest BCUT2D eigenvalue weighted by Gasteiger charge is 2.45. The molecule has 1 aromatic heterocycles. The van der Waals surface area contributed by atoms with Crippen LogP contribution < -0.4 is 16.0 Å². The number of carbonyl (C=O) groups is 6. The summed E-state index contributed by atoms with van der Waals surface area (Å²) in [5.41, 5.74) is 0.352. The van der Waals surface area contributed by atoms with Gasteiger partial charge in [-0.25, -0.2) is 9.78 Å². The molecule has 0 spiro atoms. The van der Waals surface area contributed by atoms with Crippen molar-refractivity contribution in [3.8, 4) is 0 Å². The summed E-state index contributed by atoms with van der Waals surface area (Å²) in [6.07, 6.45) is 4.18. The number of fused-ring (bicyclic) bond motifs is 1. The zero-order valence-electron chi connectivity index (χ0n) is 27.7. The third-order valence-electron chi connectivity index (χ3n) is 8.30. The van der Waals surface area contributed by atoms with Gasteiger partial charge < -0.3 is 30.4 Å². The minimum absolute atomic E-state index is 0.00621. The Labute approximate surface area is 279 Å². The Kier molecular flexibility index (Phi) is 11.9. The van der Waals surface area contributed by atoms with Gasteiger partial charge in [-0.3, -0.25) is 24.2 Å². The second kappa shape index (κ2) is 16.1. The summed E-state index contributed by atoms with van der Waals surface area (Å²) in [6, 6.07) is 8.81. The number of nitrogens with one attached hydrogen (secondary N) is 3. The van der Waals surface area contributed by atoms with Crippen LogP contribution in [0, 0.1) is 11.8 Å². The topological polar surface area (TPSA) is 177 Å². The van der Waals surface area contributed by atoms with Gasteiger partial charge in [0.25, 0.3) is 5.91 Å². The molecule has 13 heteroatoms. The molecular weight excluding hydrogens is 616 g/mol. The van der Waals surface area contributed by atoms with E-state index >= 15 is 0 Å². The number of aldehydes is 1.